The number of hydrogen-bond acceptors (Lipinski definition) is 4. The summed E-state index contributed by atoms with van der Waals surface area (Å²) in [5, 5.41) is 11.7. The number of nitrogens with zero attached hydrogens (tertiary/aromatic N) is 3. The van der Waals surface area contributed by atoms with Gasteiger partial charge in [-0.1, -0.05) is 24.3 Å². The van der Waals surface area contributed by atoms with Crippen LogP contribution in [0.5, 0.6) is 0 Å². The van der Waals surface area contributed by atoms with E-state index in [1.54, 1.807) is 0 Å². The van der Waals surface area contributed by atoms with Gasteiger partial charge in [-0.2, -0.15) is 0 Å². The van der Waals surface area contributed by atoms with E-state index in [9.17, 15) is 5.21 Å². The van der Waals surface area contributed by atoms with Crippen molar-refractivity contribution in [1.29, 1.82) is 0 Å². The first-order chi connectivity index (χ1) is 10.2. The Kier molecular flexibility index (Phi) is 4.42. The summed E-state index contributed by atoms with van der Waals surface area (Å²) >= 11 is 0. The first-order valence-electron chi connectivity index (χ1n) is 7.44. The number of hydroxylamine groups is 1. The van der Waals surface area contributed by atoms with E-state index < -0.39 is 5.54 Å². The Labute approximate surface area is 133 Å². The number of aryl methyl sites for hydroxylation is 1. The molecule has 0 unspecified atom stereocenters. The predicted octanol–water partition coefficient (Wildman–Crippen LogP) is 4.12. The van der Waals surface area contributed by atoms with Gasteiger partial charge in [0.15, 0.2) is 5.82 Å². The normalized spacial score (nSPS) is 11.4. The van der Waals surface area contributed by atoms with Crippen LogP contribution >= 0.6 is 0 Å². The van der Waals surface area contributed by atoms with Gasteiger partial charge in [-0.3, -0.25) is 5.21 Å². The zero-order valence-corrected chi connectivity index (χ0v) is 14.3. The molecule has 118 valence electrons. The van der Waals surface area contributed by atoms with Crippen molar-refractivity contribution in [2.75, 3.05) is 24.1 Å². The van der Waals surface area contributed by atoms with Crippen LogP contribution in [0.15, 0.2) is 36.4 Å². The van der Waals surface area contributed by atoms with Crippen LogP contribution in [0.1, 0.15) is 26.3 Å². The molecule has 2 rings (SSSR count). The number of pyridine rings is 1. The van der Waals surface area contributed by atoms with E-state index in [4.69, 9.17) is 0 Å². The van der Waals surface area contributed by atoms with Gasteiger partial charge in [-0.15, -0.1) is 0 Å². The first-order valence-corrected chi connectivity index (χ1v) is 7.44. The molecule has 0 aliphatic carbocycles. The summed E-state index contributed by atoms with van der Waals surface area (Å²) < 4.78 is 0. The molecule has 0 bridgehead atoms. The maximum Gasteiger partial charge on any atom is 0.155 e. The van der Waals surface area contributed by atoms with Gasteiger partial charge in [0.05, 0.1) is 11.2 Å². The van der Waals surface area contributed by atoms with Crippen LogP contribution < -0.4 is 9.96 Å². The average molecular weight is 299 g/mol. The lowest BCUT2D eigenvalue weighted by Gasteiger charge is -2.31. The Hall–Kier alpha value is -2.07. The molecule has 1 aromatic carbocycles. The number of aromatic nitrogens is 1. The lowest BCUT2D eigenvalue weighted by Crippen LogP contribution is -2.39. The second-order valence-electron chi connectivity index (χ2n) is 6.76. The summed E-state index contributed by atoms with van der Waals surface area (Å²) in [4.78, 5) is 6.68. The number of rotatable bonds is 3. The SMILES string of the molecule is Cc1ccccc1-c1cc(N(C)C)cc(N(O)C(C)(C)C)n1. The Morgan fingerprint density at radius 3 is 2.23 bits per heavy atom. The van der Waals surface area contributed by atoms with Crippen LogP contribution in [-0.2, 0) is 0 Å². The van der Waals surface area contributed by atoms with Gasteiger partial charge in [0, 0.05) is 31.4 Å². The van der Waals surface area contributed by atoms with Crippen molar-refractivity contribution in [3.05, 3.63) is 42.0 Å². The fraction of sp³-hybridized carbons (Fsp3) is 0.389. The van der Waals surface area contributed by atoms with Gasteiger partial charge in [0.2, 0.25) is 0 Å². The molecule has 0 atom stereocenters. The van der Waals surface area contributed by atoms with Crippen LogP contribution in [0.25, 0.3) is 11.3 Å². The van der Waals surface area contributed by atoms with Crippen molar-refractivity contribution in [1.82, 2.24) is 4.98 Å². The highest BCUT2D eigenvalue weighted by Gasteiger charge is 2.22. The largest absolute Gasteiger partial charge is 0.377 e. The Morgan fingerprint density at radius 2 is 1.68 bits per heavy atom. The van der Waals surface area contributed by atoms with Crippen LogP contribution in [0.3, 0.4) is 0 Å². The average Bonchev–Trinajstić information content (AvgIpc) is 2.45. The monoisotopic (exact) mass is 299 g/mol. The van der Waals surface area contributed by atoms with E-state index in [-0.39, 0.29) is 0 Å². The van der Waals surface area contributed by atoms with Gasteiger partial charge in [0.25, 0.3) is 0 Å². The maximum atomic E-state index is 10.5. The van der Waals surface area contributed by atoms with Crippen molar-refractivity contribution >= 4 is 11.5 Å². The van der Waals surface area contributed by atoms with Gasteiger partial charge < -0.3 is 4.90 Å². The molecule has 2 aromatic rings. The Morgan fingerprint density at radius 1 is 1.05 bits per heavy atom. The molecule has 0 aliphatic rings. The summed E-state index contributed by atoms with van der Waals surface area (Å²) in [6.45, 7) is 7.92. The fourth-order valence-corrected chi connectivity index (χ4v) is 2.21. The summed E-state index contributed by atoms with van der Waals surface area (Å²) in [7, 11) is 3.97. The third-order valence-electron chi connectivity index (χ3n) is 3.59. The first kappa shape index (κ1) is 16.3. The van der Waals surface area contributed by atoms with Crippen LogP contribution in [0.4, 0.5) is 11.5 Å². The van der Waals surface area contributed by atoms with Gasteiger partial charge in [-0.25, -0.2) is 10.0 Å². The molecule has 0 aliphatic heterocycles. The highest BCUT2D eigenvalue weighted by molar-refractivity contribution is 5.70. The minimum Gasteiger partial charge on any atom is -0.377 e. The van der Waals surface area contributed by atoms with Crippen molar-refractivity contribution < 1.29 is 5.21 Å². The van der Waals surface area contributed by atoms with Crippen LogP contribution in [0.2, 0.25) is 0 Å². The number of anilines is 2. The summed E-state index contributed by atoms with van der Waals surface area (Å²) in [5.74, 6) is 0.553. The minimum atomic E-state index is -0.416. The zero-order chi connectivity index (χ0) is 16.5. The van der Waals surface area contributed by atoms with E-state index in [2.05, 4.69) is 24.0 Å². The van der Waals surface area contributed by atoms with Crippen molar-refractivity contribution in [3.63, 3.8) is 0 Å². The van der Waals surface area contributed by atoms with Gasteiger partial charge in [-0.05, 0) is 39.3 Å². The topological polar surface area (TPSA) is 39.6 Å². The fourth-order valence-electron chi connectivity index (χ4n) is 2.21. The molecule has 0 radical (unpaired) electrons. The lowest BCUT2D eigenvalue weighted by atomic mass is 10.0. The molecule has 4 heteroatoms. The maximum absolute atomic E-state index is 10.5. The lowest BCUT2D eigenvalue weighted by molar-refractivity contribution is 0.178. The summed E-state index contributed by atoms with van der Waals surface area (Å²) in [5.41, 5.74) is 3.70. The van der Waals surface area contributed by atoms with Crippen LogP contribution in [-0.4, -0.2) is 29.8 Å². The molecule has 4 nitrogen and oxygen atoms in total. The Balaban J connectivity index is 2.61. The zero-order valence-electron chi connectivity index (χ0n) is 14.3. The van der Waals surface area contributed by atoms with Gasteiger partial charge in [0.1, 0.15) is 0 Å². The number of benzene rings is 1. The molecule has 0 spiro atoms. The van der Waals surface area contributed by atoms with E-state index in [1.165, 1.54) is 5.06 Å². The van der Waals surface area contributed by atoms with E-state index in [1.807, 2.05) is 64.0 Å². The molecule has 1 heterocycles. The standard InChI is InChI=1S/C18H25N3O/c1-13-9-7-8-10-15(13)16-11-14(20(5)6)12-17(19-16)21(22)18(2,3)4/h7-12,22H,1-6H3. The van der Waals surface area contributed by atoms with Crippen molar-refractivity contribution in [3.8, 4) is 11.3 Å². The molecule has 0 amide bonds. The van der Waals surface area contributed by atoms with E-state index in [0.717, 1.165) is 22.5 Å². The predicted molar refractivity (Wildman–Crippen MR) is 92.8 cm³/mol. The second-order valence-corrected chi connectivity index (χ2v) is 6.76. The molecule has 0 saturated heterocycles. The molecule has 1 N–H and O–H groups in total. The minimum absolute atomic E-state index is 0.416. The Bertz CT molecular complexity index is 660. The summed E-state index contributed by atoms with van der Waals surface area (Å²) in [6.07, 6.45) is 0. The molecular formula is C18H25N3O. The highest BCUT2D eigenvalue weighted by Crippen LogP contribution is 2.30. The van der Waals surface area contributed by atoms with Crippen molar-refractivity contribution in [2.24, 2.45) is 0 Å². The van der Waals surface area contributed by atoms with Gasteiger partial charge >= 0.3 is 0 Å². The van der Waals surface area contributed by atoms with Crippen molar-refractivity contribution in [2.45, 2.75) is 33.2 Å². The quantitative estimate of drug-likeness (QED) is 0.866. The molecule has 1 aromatic heterocycles. The van der Waals surface area contributed by atoms with Crippen LogP contribution in [0, 0.1) is 6.92 Å². The molecule has 0 fully saturated rings. The second kappa shape index (κ2) is 5.97. The third kappa shape index (κ3) is 3.39. The third-order valence-corrected chi connectivity index (χ3v) is 3.59. The molecule has 22 heavy (non-hydrogen) atoms. The summed E-state index contributed by atoms with van der Waals surface area (Å²) in [6, 6.07) is 12.1. The van der Waals surface area contributed by atoms with E-state index >= 15 is 0 Å². The smallest absolute Gasteiger partial charge is 0.155 e. The highest BCUT2D eigenvalue weighted by atomic mass is 16.5. The number of hydrogen-bond donors (Lipinski definition) is 1. The molecular weight excluding hydrogens is 274 g/mol. The molecule has 0 saturated carbocycles. The van der Waals surface area contributed by atoms with E-state index in [0.29, 0.717) is 5.82 Å².